The summed E-state index contributed by atoms with van der Waals surface area (Å²) in [6.45, 7) is 9.00. The fourth-order valence-corrected chi connectivity index (χ4v) is 5.37. The van der Waals surface area contributed by atoms with Crippen molar-refractivity contribution in [2.24, 2.45) is 23.7 Å². The van der Waals surface area contributed by atoms with Crippen LogP contribution in [0.25, 0.3) is 0 Å². The molecule has 0 aromatic carbocycles. The number of morpholine rings is 1. The van der Waals surface area contributed by atoms with Crippen molar-refractivity contribution in [2.75, 3.05) is 32.8 Å². The lowest BCUT2D eigenvalue weighted by Gasteiger charge is -2.26. The zero-order valence-corrected chi connectivity index (χ0v) is 18.9. The van der Waals surface area contributed by atoms with E-state index in [2.05, 4.69) is 28.9 Å². The standard InChI is InChI=1S/C26H41NO3/c1-3-4-8-20(2)25(28)11-10-23-24-18-21(17-22(24)19-26(23)29)9-6-5-7-12-27-13-15-30-16-14-27/h9-11,20,22-26,28-29H,5-8,12-19H2,1-2H3/b11-10+,21-9?/t20?,22-,23+,24-,25-,26+/m0/s1. The Hall–Kier alpha value is -1.12. The third-order valence-electron chi connectivity index (χ3n) is 7.29. The summed E-state index contributed by atoms with van der Waals surface area (Å²) in [6, 6.07) is 0. The molecule has 2 aliphatic carbocycles. The van der Waals surface area contributed by atoms with Gasteiger partial charge in [0.2, 0.25) is 0 Å². The van der Waals surface area contributed by atoms with E-state index in [4.69, 9.17) is 4.74 Å². The fraction of sp³-hybridized carbons (Fsp3) is 0.769. The van der Waals surface area contributed by atoms with Crippen molar-refractivity contribution in [3.63, 3.8) is 0 Å². The van der Waals surface area contributed by atoms with Gasteiger partial charge in [-0.15, -0.1) is 11.8 Å². The molecular formula is C26H41NO3. The van der Waals surface area contributed by atoms with Gasteiger partial charge in [0.05, 0.1) is 25.4 Å². The second kappa shape index (κ2) is 12.1. The summed E-state index contributed by atoms with van der Waals surface area (Å²) >= 11 is 0. The first-order chi connectivity index (χ1) is 14.6. The van der Waals surface area contributed by atoms with Gasteiger partial charge in [0.1, 0.15) is 0 Å². The van der Waals surface area contributed by atoms with Crippen molar-refractivity contribution in [1.29, 1.82) is 0 Å². The summed E-state index contributed by atoms with van der Waals surface area (Å²) in [5, 5.41) is 20.9. The maximum atomic E-state index is 10.6. The van der Waals surface area contributed by atoms with Crippen molar-refractivity contribution in [3.8, 4) is 11.8 Å². The maximum absolute atomic E-state index is 10.6. The number of aliphatic hydroxyl groups excluding tert-OH is 2. The Morgan fingerprint density at radius 2 is 2.03 bits per heavy atom. The molecular weight excluding hydrogens is 374 g/mol. The van der Waals surface area contributed by atoms with Crippen LogP contribution in [0.3, 0.4) is 0 Å². The summed E-state index contributed by atoms with van der Waals surface area (Å²) in [6.07, 6.45) is 13.3. The lowest BCUT2D eigenvalue weighted by atomic mass is 9.89. The summed E-state index contributed by atoms with van der Waals surface area (Å²) in [4.78, 5) is 2.51. The Bertz CT molecular complexity index is 640. The van der Waals surface area contributed by atoms with Gasteiger partial charge < -0.3 is 14.9 Å². The molecule has 2 saturated carbocycles. The molecule has 3 aliphatic rings. The van der Waals surface area contributed by atoms with Crippen molar-refractivity contribution < 1.29 is 14.9 Å². The van der Waals surface area contributed by atoms with E-state index in [1.165, 1.54) is 25.8 Å². The molecule has 4 nitrogen and oxygen atoms in total. The maximum Gasteiger partial charge on any atom is 0.0755 e. The first kappa shape index (κ1) is 23.5. The van der Waals surface area contributed by atoms with Crippen LogP contribution in [0.4, 0.5) is 0 Å². The summed E-state index contributed by atoms with van der Waals surface area (Å²) < 4.78 is 5.41. The largest absolute Gasteiger partial charge is 0.392 e. The van der Waals surface area contributed by atoms with E-state index < -0.39 is 6.10 Å². The molecule has 1 heterocycles. The molecule has 0 amide bonds. The zero-order chi connectivity index (χ0) is 21.3. The fourth-order valence-electron chi connectivity index (χ4n) is 5.37. The van der Waals surface area contributed by atoms with Crippen molar-refractivity contribution in [3.05, 3.63) is 23.8 Å². The molecule has 1 unspecified atom stereocenters. The normalized spacial score (nSPS) is 32.9. The Labute approximate surface area is 183 Å². The van der Waals surface area contributed by atoms with E-state index in [9.17, 15) is 10.2 Å². The van der Waals surface area contributed by atoms with Crippen molar-refractivity contribution in [2.45, 2.75) is 71.0 Å². The Morgan fingerprint density at radius 3 is 2.80 bits per heavy atom. The van der Waals surface area contributed by atoms with Gasteiger partial charge in [0.15, 0.2) is 0 Å². The van der Waals surface area contributed by atoms with Crippen LogP contribution in [0.5, 0.6) is 0 Å². The molecule has 6 atom stereocenters. The number of nitrogens with zero attached hydrogens (tertiary/aromatic N) is 1. The molecule has 0 spiro atoms. The van der Waals surface area contributed by atoms with Gasteiger partial charge >= 0.3 is 0 Å². The SMILES string of the molecule is CC#CCC(C)[C@@H](O)/C=C/[C@@H]1[C@H]2CC(=CCCCCN3CCOCC3)C[C@H]2C[C@H]1O. The molecule has 0 bridgehead atoms. The van der Waals surface area contributed by atoms with E-state index in [-0.39, 0.29) is 17.9 Å². The van der Waals surface area contributed by atoms with Crippen LogP contribution in [-0.4, -0.2) is 60.2 Å². The number of hydrogen-bond donors (Lipinski definition) is 2. The molecule has 2 N–H and O–H groups in total. The average molecular weight is 416 g/mol. The van der Waals surface area contributed by atoms with Gasteiger partial charge in [0, 0.05) is 25.4 Å². The number of fused-ring (bicyclic) bond motifs is 1. The average Bonchev–Trinajstić information content (AvgIpc) is 3.27. The minimum atomic E-state index is -0.486. The quantitative estimate of drug-likeness (QED) is 0.342. The van der Waals surface area contributed by atoms with Gasteiger partial charge in [-0.1, -0.05) is 30.7 Å². The molecule has 1 aliphatic heterocycles. The Kier molecular flexibility index (Phi) is 9.46. The highest BCUT2D eigenvalue weighted by Crippen LogP contribution is 2.50. The van der Waals surface area contributed by atoms with E-state index in [1.54, 1.807) is 5.57 Å². The number of aliphatic hydroxyl groups is 2. The first-order valence-corrected chi connectivity index (χ1v) is 12.0. The van der Waals surface area contributed by atoms with E-state index >= 15 is 0 Å². The van der Waals surface area contributed by atoms with Crippen LogP contribution in [0.1, 0.15) is 58.8 Å². The van der Waals surface area contributed by atoms with E-state index in [0.717, 1.165) is 45.6 Å². The second-order valence-corrected chi connectivity index (χ2v) is 9.51. The topological polar surface area (TPSA) is 52.9 Å². The van der Waals surface area contributed by atoms with Gasteiger partial charge in [-0.05, 0) is 69.7 Å². The van der Waals surface area contributed by atoms with E-state index in [1.807, 2.05) is 19.9 Å². The van der Waals surface area contributed by atoms with Gasteiger partial charge in [-0.3, -0.25) is 4.90 Å². The summed E-state index contributed by atoms with van der Waals surface area (Å²) in [7, 11) is 0. The highest BCUT2D eigenvalue weighted by molar-refractivity contribution is 5.18. The summed E-state index contributed by atoms with van der Waals surface area (Å²) in [5.74, 6) is 7.39. The monoisotopic (exact) mass is 415 g/mol. The predicted octanol–water partition coefficient (Wildman–Crippen LogP) is 3.79. The van der Waals surface area contributed by atoms with Crippen LogP contribution in [-0.2, 0) is 4.74 Å². The number of allylic oxidation sites excluding steroid dienone is 2. The Balaban J connectivity index is 1.42. The molecule has 0 aromatic rings. The van der Waals surface area contributed by atoms with Gasteiger partial charge in [-0.25, -0.2) is 0 Å². The highest BCUT2D eigenvalue weighted by Gasteiger charge is 2.44. The minimum Gasteiger partial charge on any atom is -0.392 e. The molecule has 30 heavy (non-hydrogen) atoms. The molecule has 0 radical (unpaired) electrons. The first-order valence-electron chi connectivity index (χ1n) is 12.0. The molecule has 1 saturated heterocycles. The van der Waals surface area contributed by atoms with Crippen LogP contribution in [0.15, 0.2) is 23.8 Å². The lowest BCUT2D eigenvalue weighted by molar-refractivity contribution is 0.0372. The predicted molar refractivity (Wildman–Crippen MR) is 122 cm³/mol. The number of unbranched alkanes of at least 4 members (excludes halogenated alkanes) is 2. The molecule has 4 heteroatoms. The smallest absolute Gasteiger partial charge is 0.0755 e. The third-order valence-corrected chi connectivity index (χ3v) is 7.29. The van der Waals surface area contributed by atoms with Crippen molar-refractivity contribution >= 4 is 0 Å². The van der Waals surface area contributed by atoms with Gasteiger partial charge in [0.25, 0.3) is 0 Å². The van der Waals surface area contributed by atoms with Crippen LogP contribution < -0.4 is 0 Å². The minimum absolute atomic E-state index is 0.125. The highest BCUT2D eigenvalue weighted by atomic mass is 16.5. The van der Waals surface area contributed by atoms with Crippen LogP contribution in [0.2, 0.25) is 0 Å². The number of ether oxygens (including phenoxy) is 1. The van der Waals surface area contributed by atoms with E-state index in [0.29, 0.717) is 18.3 Å². The van der Waals surface area contributed by atoms with Crippen LogP contribution in [0, 0.1) is 35.5 Å². The van der Waals surface area contributed by atoms with Crippen molar-refractivity contribution in [1.82, 2.24) is 4.90 Å². The lowest BCUT2D eigenvalue weighted by Crippen LogP contribution is -2.36. The van der Waals surface area contributed by atoms with Crippen LogP contribution >= 0.6 is 0 Å². The molecule has 3 fully saturated rings. The molecule has 168 valence electrons. The zero-order valence-electron chi connectivity index (χ0n) is 18.9. The number of rotatable bonds is 9. The second-order valence-electron chi connectivity index (χ2n) is 9.51. The summed E-state index contributed by atoms with van der Waals surface area (Å²) in [5.41, 5.74) is 1.59. The van der Waals surface area contributed by atoms with Gasteiger partial charge in [-0.2, -0.15) is 0 Å². The third kappa shape index (κ3) is 6.69. The molecule has 3 rings (SSSR count). The molecule has 0 aromatic heterocycles. The number of hydrogen-bond acceptors (Lipinski definition) is 4. The Morgan fingerprint density at radius 1 is 1.23 bits per heavy atom.